The first-order valence-corrected chi connectivity index (χ1v) is 12.4. The normalized spacial score (nSPS) is 33.2. The van der Waals surface area contributed by atoms with Gasteiger partial charge in [0.05, 0.1) is 17.3 Å². The number of aromatic nitrogens is 1. The highest BCUT2D eigenvalue weighted by molar-refractivity contribution is 7.22. The van der Waals surface area contributed by atoms with Gasteiger partial charge in [0.1, 0.15) is 5.75 Å². The van der Waals surface area contributed by atoms with E-state index in [0.29, 0.717) is 5.91 Å². The number of carbonyl (C=O) groups excluding carboxylic acids is 1. The Balaban J connectivity index is 1.09. The summed E-state index contributed by atoms with van der Waals surface area (Å²) in [5, 5.41) is 4.67. The fourth-order valence-electron chi connectivity index (χ4n) is 7.12. The minimum Gasteiger partial charge on any atom is -0.497 e. The quantitative estimate of drug-likeness (QED) is 0.777. The van der Waals surface area contributed by atoms with E-state index in [2.05, 4.69) is 16.3 Å². The highest BCUT2D eigenvalue weighted by atomic mass is 32.1. The average Bonchev–Trinajstić information content (AvgIpc) is 3.15. The Morgan fingerprint density at radius 3 is 2.43 bits per heavy atom. The minimum atomic E-state index is 0.134. The summed E-state index contributed by atoms with van der Waals surface area (Å²) in [4.78, 5) is 20.4. The number of amides is 1. The van der Waals surface area contributed by atoms with E-state index in [1.54, 1.807) is 18.4 Å². The summed E-state index contributed by atoms with van der Waals surface area (Å²) in [6, 6.07) is 6.05. The maximum atomic E-state index is 13.2. The van der Waals surface area contributed by atoms with Gasteiger partial charge in [0, 0.05) is 24.5 Å². The Morgan fingerprint density at radius 1 is 1.13 bits per heavy atom. The molecule has 0 spiro atoms. The molecule has 1 aromatic carbocycles. The molecule has 4 bridgehead atoms. The molecule has 5 aliphatic rings. The number of benzene rings is 1. The van der Waals surface area contributed by atoms with Crippen LogP contribution in [0.3, 0.4) is 0 Å². The lowest BCUT2D eigenvalue weighted by atomic mass is 9.53. The number of rotatable bonds is 4. The summed E-state index contributed by atoms with van der Waals surface area (Å²) >= 11 is 1.72. The molecule has 0 radical (unpaired) electrons. The molecular weight excluding hydrogens is 394 g/mol. The molecule has 1 N–H and O–H groups in total. The molecule has 4 saturated carbocycles. The predicted molar refractivity (Wildman–Crippen MR) is 120 cm³/mol. The van der Waals surface area contributed by atoms with E-state index in [1.807, 2.05) is 12.1 Å². The van der Waals surface area contributed by atoms with Gasteiger partial charge in [0.2, 0.25) is 5.91 Å². The lowest BCUT2D eigenvalue weighted by molar-refractivity contribution is -0.131. The van der Waals surface area contributed by atoms with Gasteiger partial charge in [-0.05, 0) is 87.3 Å². The van der Waals surface area contributed by atoms with Gasteiger partial charge in [-0.25, -0.2) is 4.98 Å². The van der Waals surface area contributed by atoms with Gasteiger partial charge in [0.15, 0.2) is 5.13 Å². The minimum absolute atomic E-state index is 0.134. The van der Waals surface area contributed by atoms with E-state index in [4.69, 9.17) is 9.72 Å². The smallest absolute Gasteiger partial charge is 0.223 e. The topological polar surface area (TPSA) is 54.5 Å². The molecule has 160 valence electrons. The van der Waals surface area contributed by atoms with Crippen molar-refractivity contribution in [3.8, 4) is 5.75 Å². The Hall–Kier alpha value is -1.82. The van der Waals surface area contributed by atoms with Crippen molar-refractivity contribution < 1.29 is 9.53 Å². The molecule has 5 fully saturated rings. The van der Waals surface area contributed by atoms with Gasteiger partial charge in [0.25, 0.3) is 0 Å². The third kappa shape index (κ3) is 3.28. The Labute approximate surface area is 182 Å². The fourth-order valence-corrected chi connectivity index (χ4v) is 8.16. The first-order chi connectivity index (χ1) is 14.6. The number of piperidine rings is 1. The molecule has 4 aliphatic carbocycles. The van der Waals surface area contributed by atoms with Crippen LogP contribution in [0.25, 0.3) is 10.2 Å². The lowest BCUT2D eigenvalue weighted by Gasteiger charge is -2.57. The molecule has 6 heteroatoms. The molecule has 1 aromatic heterocycles. The van der Waals surface area contributed by atoms with Crippen molar-refractivity contribution in [1.29, 1.82) is 0 Å². The predicted octanol–water partition coefficient (Wildman–Crippen LogP) is 4.61. The van der Waals surface area contributed by atoms with Gasteiger partial charge < -0.3 is 15.0 Å². The molecular formula is C24H31N3O2S. The van der Waals surface area contributed by atoms with Crippen LogP contribution in [0.5, 0.6) is 5.75 Å². The SMILES string of the molecule is COc1ccc2nc(N3CCC(C(=O)NC45CC6CC(CC(C6)C4)C5)CC3)sc2c1. The molecule has 7 rings (SSSR count). The van der Waals surface area contributed by atoms with Crippen molar-refractivity contribution in [2.45, 2.75) is 56.9 Å². The van der Waals surface area contributed by atoms with Gasteiger partial charge in [-0.2, -0.15) is 0 Å². The second-order valence-electron chi connectivity index (χ2n) is 10.3. The van der Waals surface area contributed by atoms with Crippen LogP contribution in [0, 0.1) is 23.7 Å². The van der Waals surface area contributed by atoms with E-state index in [1.165, 1.54) is 38.5 Å². The van der Waals surface area contributed by atoms with Gasteiger partial charge in [-0.1, -0.05) is 11.3 Å². The highest BCUT2D eigenvalue weighted by Crippen LogP contribution is 2.55. The molecule has 0 unspecified atom stereocenters. The van der Waals surface area contributed by atoms with Crippen molar-refractivity contribution in [1.82, 2.24) is 10.3 Å². The highest BCUT2D eigenvalue weighted by Gasteiger charge is 2.51. The number of hydrogen-bond acceptors (Lipinski definition) is 5. The van der Waals surface area contributed by atoms with E-state index < -0.39 is 0 Å². The number of ether oxygens (including phenoxy) is 1. The van der Waals surface area contributed by atoms with Gasteiger partial charge in [-0.3, -0.25) is 4.79 Å². The van der Waals surface area contributed by atoms with Crippen LogP contribution in [-0.2, 0) is 4.79 Å². The summed E-state index contributed by atoms with van der Waals surface area (Å²) < 4.78 is 6.50. The zero-order valence-electron chi connectivity index (χ0n) is 17.7. The molecule has 2 heterocycles. The summed E-state index contributed by atoms with van der Waals surface area (Å²) in [5.41, 5.74) is 1.16. The second-order valence-corrected chi connectivity index (χ2v) is 11.3. The molecule has 30 heavy (non-hydrogen) atoms. The van der Waals surface area contributed by atoms with E-state index >= 15 is 0 Å². The number of nitrogens with one attached hydrogen (secondary N) is 1. The van der Waals surface area contributed by atoms with Crippen molar-refractivity contribution >= 4 is 32.6 Å². The van der Waals surface area contributed by atoms with Crippen LogP contribution in [0.15, 0.2) is 18.2 Å². The Morgan fingerprint density at radius 2 is 1.80 bits per heavy atom. The van der Waals surface area contributed by atoms with Crippen molar-refractivity contribution in [3.05, 3.63) is 18.2 Å². The maximum Gasteiger partial charge on any atom is 0.223 e. The molecule has 5 nitrogen and oxygen atoms in total. The van der Waals surface area contributed by atoms with Crippen molar-refractivity contribution in [3.63, 3.8) is 0 Å². The molecule has 0 atom stereocenters. The van der Waals surface area contributed by atoms with Crippen LogP contribution in [-0.4, -0.2) is 36.6 Å². The molecule has 1 amide bonds. The third-order valence-corrected chi connectivity index (χ3v) is 9.23. The van der Waals surface area contributed by atoms with Gasteiger partial charge >= 0.3 is 0 Å². The first kappa shape index (κ1) is 18.9. The van der Waals surface area contributed by atoms with E-state index in [0.717, 1.165) is 64.8 Å². The van der Waals surface area contributed by atoms with Crippen LogP contribution in [0.4, 0.5) is 5.13 Å². The Kier molecular flexibility index (Phi) is 4.48. The monoisotopic (exact) mass is 425 g/mol. The standard InChI is InChI=1S/C24H31N3O2S/c1-29-19-2-3-20-21(11-19)30-23(25-20)27-6-4-18(5-7-27)22(28)26-24-12-15-8-16(13-24)10-17(9-15)14-24/h2-3,11,15-18H,4-10,12-14H2,1H3,(H,26,28). The second kappa shape index (κ2) is 7.11. The van der Waals surface area contributed by atoms with Crippen molar-refractivity contribution in [2.75, 3.05) is 25.1 Å². The summed E-state index contributed by atoms with van der Waals surface area (Å²) in [6.45, 7) is 1.83. The summed E-state index contributed by atoms with van der Waals surface area (Å²) in [6.07, 6.45) is 9.82. The number of fused-ring (bicyclic) bond motifs is 1. The number of hydrogen-bond donors (Lipinski definition) is 1. The van der Waals surface area contributed by atoms with Crippen LogP contribution < -0.4 is 15.0 Å². The average molecular weight is 426 g/mol. The fraction of sp³-hybridized carbons (Fsp3) is 0.667. The molecule has 1 aliphatic heterocycles. The maximum absolute atomic E-state index is 13.2. The largest absolute Gasteiger partial charge is 0.497 e. The number of nitrogens with zero attached hydrogens (tertiary/aromatic N) is 2. The van der Waals surface area contributed by atoms with E-state index in [-0.39, 0.29) is 11.5 Å². The van der Waals surface area contributed by atoms with Crippen LogP contribution in [0.2, 0.25) is 0 Å². The molecule has 1 saturated heterocycles. The zero-order chi connectivity index (χ0) is 20.3. The first-order valence-electron chi connectivity index (χ1n) is 11.6. The zero-order valence-corrected chi connectivity index (χ0v) is 18.5. The summed E-state index contributed by atoms with van der Waals surface area (Å²) in [7, 11) is 1.70. The summed E-state index contributed by atoms with van der Waals surface area (Å²) in [5.74, 6) is 3.97. The lowest BCUT2D eigenvalue weighted by Crippen LogP contribution is -2.61. The number of methoxy groups -OCH3 is 1. The number of thiazole rings is 1. The Bertz CT molecular complexity index is 927. The van der Waals surface area contributed by atoms with Crippen LogP contribution in [0.1, 0.15) is 51.4 Å². The molecule has 2 aromatic rings. The third-order valence-electron chi connectivity index (χ3n) is 8.15. The van der Waals surface area contributed by atoms with Gasteiger partial charge in [-0.15, -0.1) is 0 Å². The number of anilines is 1. The van der Waals surface area contributed by atoms with E-state index in [9.17, 15) is 4.79 Å². The number of carbonyl (C=O) groups is 1. The van der Waals surface area contributed by atoms with Crippen LogP contribution >= 0.6 is 11.3 Å². The van der Waals surface area contributed by atoms with Crippen molar-refractivity contribution in [2.24, 2.45) is 23.7 Å².